The van der Waals surface area contributed by atoms with Crippen molar-refractivity contribution in [1.82, 2.24) is 15.1 Å². The number of anilines is 1. The summed E-state index contributed by atoms with van der Waals surface area (Å²) >= 11 is 0. The molecule has 1 heterocycles. The van der Waals surface area contributed by atoms with Crippen LogP contribution in [0.3, 0.4) is 0 Å². The Labute approximate surface area is 110 Å². The van der Waals surface area contributed by atoms with Gasteiger partial charge in [0, 0.05) is 25.2 Å². The molecule has 0 aliphatic rings. The molecule has 0 spiro atoms. The maximum atomic E-state index is 13.3. The summed E-state index contributed by atoms with van der Waals surface area (Å²) in [6.45, 7) is 1.97. The summed E-state index contributed by atoms with van der Waals surface area (Å²) in [5, 5.41) is 9.35. The van der Waals surface area contributed by atoms with Crippen molar-refractivity contribution in [2.24, 2.45) is 7.05 Å². The van der Waals surface area contributed by atoms with Crippen molar-refractivity contribution >= 4 is 11.8 Å². The lowest BCUT2D eigenvalue weighted by molar-refractivity contribution is 0.251. The van der Waals surface area contributed by atoms with E-state index in [1.165, 1.54) is 6.07 Å². The first-order valence-electron chi connectivity index (χ1n) is 5.85. The highest BCUT2D eigenvalue weighted by Gasteiger charge is 2.07. The molecule has 2 rings (SSSR count). The molecule has 2 aromatic rings. The van der Waals surface area contributed by atoms with Gasteiger partial charge in [-0.15, -0.1) is 0 Å². The largest absolute Gasteiger partial charge is 0.334 e. The van der Waals surface area contributed by atoms with E-state index in [1.807, 2.05) is 6.92 Å². The molecule has 0 saturated heterocycles. The summed E-state index contributed by atoms with van der Waals surface area (Å²) in [6, 6.07) is 7.68. The molecule has 0 bridgehead atoms. The zero-order valence-electron chi connectivity index (χ0n) is 10.8. The molecular weight excluding hydrogens is 247 g/mol. The second kappa shape index (κ2) is 5.51. The Kier molecular flexibility index (Phi) is 3.79. The molecule has 1 aromatic heterocycles. The van der Waals surface area contributed by atoms with E-state index in [0.717, 1.165) is 5.69 Å². The monoisotopic (exact) mass is 262 g/mol. The predicted molar refractivity (Wildman–Crippen MR) is 70.2 cm³/mol. The standard InChI is InChI=1S/C13H15FN4O/c1-9-7-12(18(2)17-9)16-13(19)15-8-10-5-3-4-6-11(10)14/h3-7H,8H2,1-2H3,(H2,15,16,19). The lowest BCUT2D eigenvalue weighted by atomic mass is 10.2. The van der Waals surface area contributed by atoms with E-state index in [0.29, 0.717) is 11.4 Å². The molecule has 6 heteroatoms. The molecule has 0 saturated carbocycles. The van der Waals surface area contributed by atoms with Crippen LogP contribution in [0.4, 0.5) is 15.0 Å². The van der Waals surface area contributed by atoms with Gasteiger partial charge in [0.2, 0.25) is 0 Å². The van der Waals surface area contributed by atoms with E-state index in [2.05, 4.69) is 15.7 Å². The zero-order chi connectivity index (χ0) is 13.8. The van der Waals surface area contributed by atoms with Gasteiger partial charge in [-0.25, -0.2) is 9.18 Å². The van der Waals surface area contributed by atoms with E-state index in [1.54, 1.807) is 36.0 Å². The van der Waals surface area contributed by atoms with Crippen LogP contribution in [0.25, 0.3) is 0 Å². The maximum Gasteiger partial charge on any atom is 0.320 e. The first-order chi connectivity index (χ1) is 9.06. The number of amides is 2. The first kappa shape index (κ1) is 13.1. The Morgan fingerprint density at radius 3 is 2.79 bits per heavy atom. The van der Waals surface area contributed by atoms with Gasteiger partial charge in [0.1, 0.15) is 11.6 Å². The Bertz CT molecular complexity index is 594. The number of aromatic nitrogens is 2. The van der Waals surface area contributed by atoms with Gasteiger partial charge in [-0.2, -0.15) is 5.10 Å². The number of carbonyl (C=O) groups excluding carboxylic acids is 1. The van der Waals surface area contributed by atoms with E-state index >= 15 is 0 Å². The fourth-order valence-electron chi connectivity index (χ4n) is 1.71. The minimum Gasteiger partial charge on any atom is -0.334 e. The van der Waals surface area contributed by atoms with Crippen molar-refractivity contribution in [3.63, 3.8) is 0 Å². The molecule has 0 aliphatic heterocycles. The minimum absolute atomic E-state index is 0.134. The number of hydrogen-bond donors (Lipinski definition) is 2. The number of carbonyl (C=O) groups is 1. The predicted octanol–water partition coefficient (Wildman–Crippen LogP) is 2.19. The zero-order valence-corrected chi connectivity index (χ0v) is 10.8. The minimum atomic E-state index is -0.397. The average molecular weight is 262 g/mol. The second-order valence-corrected chi connectivity index (χ2v) is 4.19. The Morgan fingerprint density at radius 2 is 2.16 bits per heavy atom. The van der Waals surface area contributed by atoms with Gasteiger partial charge >= 0.3 is 6.03 Å². The quantitative estimate of drug-likeness (QED) is 0.890. The van der Waals surface area contributed by atoms with E-state index < -0.39 is 6.03 Å². The first-order valence-corrected chi connectivity index (χ1v) is 5.85. The number of hydrogen-bond acceptors (Lipinski definition) is 2. The number of nitrogens with one attached hydrogen (secondary N) is 2. The number of urea groups is 1. The molecule has 0 atom stereocenters. The summed E-state index contributed by atoms with van der Waals surface area (Å²) in [6.07, 6.45) is 0. The lowest BCUT2D eigenvalue weighted by Crippen LogP contribution is -2.29. The van der Waals surface area contributed by atoms with Crippen molar-refractivity contribution in [2.75, 3.05) is 5.32 Å². The Balaban J connectivity index is 1.92. The summed E-state index contributed by atoms with van der Waals surface area (Å²) in [5.74, 6) is 0.253. The van der Waals surface area contributed by atoms with Crippen molar-refractivity contribution in [2.45, 2.75) is 13.5 Å². The molecular formula is C13H15FN4O. The van der Waals surface area contributed by atoms with Crippen LogP contribution in [0.5, 0.6) is 0 Å². The number of rotatable bonds is 3. The van der Waals surface area contributed by atoms with E-state index in [4.69, 9.17) is 0 Å². The summed E-state index contributed by atoms with van der Waals surface area (Å²) in [7, 11) is 1.74. The average Bonchev–Trinajstić information content (AvgIpc) is 2.67. The van der Waals surface area contributed by atoms with Crippen LogP contribution in [0, 0.1) is 12.7 Å². The highest BCUT2D eigenvalue weighted by molar-refractivity contribution is 5.88. The number of benzene rings is 1. The summed E-state index contributed by atoms with van der Waals surface area (Å²) < 4.78 is 14.9. The normalized spacial score (nSPS) is 10.3. The van der Waals surface area contributed by atoms with Gasteiger partial charge in [-0.1, -0.05) is 18.2 Å². The van der Waals surface area contributed by atoms with Crippen LogP contribution in [-0.4, -0.2) is 15.8 Å². The van der Waals surface area contributed by atoms with Gasteiger partial charge in [-0.05, 0) is 13.0 Å². The van der Waals surface area contributed by atoms with Crippen molar-refractivity contribution < 1.29 is 9.18 Å². The van der Waals surface area contributed by atoms with E-state index in [9.17, 15) is 9.18 Å². The molecule has 100 valence electrons. The van der Waals surface area contributed by atoms with Gasteiger partial charge in [0.25, 0.3) is 0 Å². The van der Waals surface area contributed by atoms with Crippen LogP contribution in [0.1, 0.15) is 11.3 Å². The van der Waals surface area contributed by atoms with Crippen LogP contribution >= 0.6 is 0 Å². The molecule has 0 fully saturated rings. The summed E-state index contributed by atoms with van der Waals surface area (Å²) in [5.41, 5.74) is 1.26. The molecule has 5 nitrogen and oxygen atoms in total. The van der Waals surface area contributed by atoms with Crippen molar-refractivity contribution in [3.8, 4) is 0 Å². The third-order valence-corrected chi connectivity index (χ3v) is 2.64. The molecule has 0 radical (unpaired) electrons. The Morgan fingerprint density at radius 1 is 1.42 bits per heavy atom. The molecule has 2 N–H and O–H groups in total. The van der Waals surface area contributed by atoms with E-state index in [-0.39, 0.29) is 12.4 Å². The SMILES string of the molecule is Cc1cc(NC(=O)NCc2ccccc2F)n(C)n1. The van der Waals surface area contributed by atoms with Crippen LogP contribution < -0.4 is 10.6 Å². The number of aryl methyl sites for hydroxylation is 2. The molecule has 1 aromatic carbocycles. The molecule has 0 aliphatic carbocycles. The lowest BCUT2D eigenvalue weighted by Gasteiger charge is -2.08. The fourth-order valence-corrected chi connectivity index (χ4v) is 1.71. The number of nitrogens with zero attached hydrogens (tertiary/aromatic N) is 2. The van der Waals surface area contributed by atoms with Crippen LogP contribution in [0.15, 0.2) is 30.3 Å². The van der Waals surface area contributed by atoms with Gasteiger partial charge in [0.15, 0.2) is 0 Å². The molecule has 2 amide bonds. The smallest absolute Gasteiger partial charge is 0.320 e. The van der Waals surface area contributed by atoms with Crippen LogP contribution in [-0.2, 0) is 13.6 Å². The van der Waals surface area contributed by atoms with Gasteiger partial charge in [0.05, 0.1) is 5.69 Å². The van der Waals surface area contributed by atoms with Crippen LogP contribution in [0.2, 0.25) is 0 Å². The van der Waals surface area contributed by atoms with Crippen molar-refractivity contribution in [3.05, 3.63) is 47.4 Å². The van der Waals surface area contributed by atoms with Gasteiger partial charge in [-0.3, -0.25) is 10.00 Å². The Hall–Kier alpha value is -2.37. The topological polar surface area (TPSA) is 59.0 Å². The fraction of sp³-hybridized carbons (Fsp3) is 0.231. The highest BCUT2D eigenvalue weighted by Crippen LogP contribution is 2.08. The maximum absolute atomic E-state index is 13.3. The molecule has 0 unspecified atom stereocenters. The van der Waals surface area contributed by atoms with Crippen molar-refractivity contribution in [1.29, 1.82) is 0 Å². The number of halogens is 1. The third kappa shape index (κ3) is 3.31. The second-order valence-electron chi connectivity index (χ2n) is 4.19. The van der Waals surface area contributed by atoms with Gasteiger partial charge < -0.3 is 5.32 Å². The summed E-state index contributed by atoms with van der Waals surface area (Å²) in [4.78, 5) is 11.7. The molecule has 19 heavy (non-hydrogen) atoms. The third-order valence-electron chi connectivity index (χ3n) is 2.64. The highest BCUT2D eigenvalue weighted by atomic mass is 19.1.